The highest BCUT2D eigenvalue weighted by atomic mass is 16.5. The fraction of sp³-hybridized carbons (Fsp3) is 0.417. The number of piperazine rings is 1. The van der Waals surface area contributed by atoms with Crippen molar-refractivity contribution in [1.82, 2.24) is 9.80 Å². The smallest absolute Gasteiger partial charge is 0.241 e. The van der Waals surface area contributed by atoms with Crippen LogP contribution in [-0.4, -0.2) is 62.1 Å². The Morgan fingerprint density at radius 2 is 1.80 bits per heavy atom. The number of ether oxygens (including phenoxy) is 1. The van der Waals surface area contributed by atoms with Crippen LogP contribution in [0.1, 0.15) is 17.5 Å². The van der Waals surface area contributed by atoms with Crippen LogP contribution in [0.25, 0.3) is 0 Å². The fourth-order valence-electron chi connectivity index (χ4n) is 3.82. The first kappa shape index (κ1) is 21.8. The van der Waals surface area contributed by atoms with E-state index in [9.17, 15) is 4.79 Å². The number of amides is 1. The molecule has 1 amide bonds. The third-order valence-electron chi connectivity index (χ3n) is 5.47. The molecule has 0 atom stereocenters. The molecular weight excluding hydrogens is 376 g/mol. The van der Waals surface area contributed by atoms with Crippen LogP contribution in [0.4, 0.5) is 5.69 Å². The van der Waals surface area contributed by atoms with Crippen LogP contribution in [-0.2, 0) is 11.3 Å². The highest BCUT2D eigenvalue weighted by Crippen LogP contribution is 2.22. The van der Waals surface area contributed by atoms with Crippen molar-refractivity contribution in [3.63, 3.8) is 0 Å². The third-order valence-corrected chi connectivity index (χ3v) is 5.47. The van der Waals surface area contributed by atoms with Gasteiger partial charge in [-0.2, -0.15) is 5.26 Å². The number of carbonyl (C=O) groups excluding carboxylic acids is 1. The van der Waals surface area contributed by atoms with Crippen LogP contribution in [0.5, 0.6) is 5.75 Å². The van der Waals surface area contributed by atoms with Crippen LogP contribution in [0.3, 0.4) is 0 Å². The van der Waals surface area contributed by atoms with Gasteiger partial charge in [0.05, 0.1) is 26.1 Å². The topological polar surface area (TPSA) is 59.8 Å². The van der Waals surface area contributed by atoms with Crippen molar-refractivity contribution in [1.29, 1.82) is 5.26 Å². The van der Waals surface area contributed by atoms with Gasteiger partial charge in [0, 0.05) is 50.5 Å². The maximum absolute atomic E-state index is 13.0. The summed E-state index contributed by atoms with van der Waals surface area (Å²) in [6.45, 7) is 7.26. The van der Waals surface area contributed by atoms with Gasteiger partial charge in [-0.3, -0.25) is 14.6 Å². The minimum atomic E-state index is 0.0465. The number of rotatable bonds is 8. The number of para-hydroxylation sites is 1. The van der Waals surface area contributed by atoms with Gasteiger partial charge in [0.1, 0.15) is 5.75 Å². The molecule has 0 bridgehead atoms. The summed E-state index contributed by atoms with van der Waals surface area (Å²) in [6.07, 6.45) is 0.326. The van der Waals surface area contributed by atoms with E-state index < -0.39 is 0 Å². The molecule has 2 aromatic carbocycles. The first-order valence-electron chi connectivity index (χ1n) is 10.4. The van der Waals surface area contributed by atoms with Crippen molar-refractivity contribution < 1.29 is 9.53 Å². The van der Waals surface area contributed by atoms with E-state index in [1.807, 2.05) is 36.4 Å². The maximum Gasteiger partial charge on any atom is 0.241 e. The molecule has 0 saturated carbocycles. The lowest BCUT2D eigenvalue weighted by molar-refractivity contribution is -0.120. The van der Waals surface area contributed by atoms with Gasteiger partial charge >= 0.3 is 0 Å². The Bertz CT molecular complexity index is 871. The lowest BCUT2D eigenvalue weighted by Crippen LogP contribution is -2.50. The largest absolute Gasteiger partial charge is 0.496 e. The van der Waals surface area contributed by atoms with Crippen molar-refractivity contribution in [2.45, 2.75) is 19.9 Å². The Morgan fingerprint density at radius 3 is 2.47 bits per heavy atom. The number of nitrogens with zero attached hydrogens (tertiary/aromatic N) is 4. The van der Waals surface area contributed by atoms with Crippen molar-refractivity contribution in [2.24, 2.45) is 0 Å². The molecule has 0 aromatic heterocycles. The van der Waals surface area contributed by atoms with Crippen molar-refractivity contribution in [2.75, 3.05) is 51.3 Å². The van der Waals surface area contributed by atoms with Crippen LogP contribution < -0.4 is 9.64 Å². The van der Waals surface area contributed by atoms with Gasteiger partial charge in [-0.1, -0.05) is 35.9 Å². The Morgan fingerprint density at radius 1 is 1.10 bits per heavy atom. The second-order valence-corrected chi connectivity index (χ2v) is 7.66. The summed E-state index contributed by atoms with van der Waals surface area (Å²) >= 11 is 0. The highest BCUT2D eigenvalue weighted by Gasteiger charge is 2.23. The molecule has 0 spiro atoms. The Labute approximate surface area is 179 Å². The van der Waals surface area contributed by atoms with Crippen molar-refractivity contribution >= 4 is 11.6 Å². The average molecular weight is 407 g/mol. The van der Waals surface area contributed by atoms with E-state index in [-0.39, 0.29) is 5.91 Å². The zero-order valence-corrected chi connectivity index (χ0v) is 17.9. The van der Waals surface area contributed by atoms with Crippen molar-refractivity contribution in [3.8, 4) is 11.8 Å². The molecule has 2 aromatic rings. The van der Waals surface area contributed by atoms with Gasteiger partial charge in [0.15, 0.2) is 0 Å². The van der Waals surface area contributed by atoms with Crippen LogP contribution in [0.2, 0.25) is 0 Å². The monoisotopic (exact) mass is 406 g/mol. The molecule has 1 aliphatic rings. The summed E-state index contributed by atoms with van der Waals surface area (Å²) in [6, 6.07) is 18.0. The minimum Gasteiger partial charge on any atom is -0.496 e. The molecule has 1 saturated heterocycles. The lowest BCUT2D eigenvalue weighted by Gasteiger charge is -2.35. The number of nitriles is 1. The Kier molecular flexibility index (Phi) is 7.83. The molecule has 1 fully saturated rings. The van der Waals surface area contributed by atoms with Gasteiger partial charge in [-0.05, 0) is 25.1 Å². The van der Waals surface area contributed by atoms with Gasteiger partial charge < -0.3 is 9.64 Å². The third kappa shape index (κ3) is 5.82. The number of hydrogen-bond acceptors (Lipinski definition) is 5. The van der Waals surface area contributed by atoms with E-state index in [0.717, 1.165) is 44.2 Å². The first-order chi connectivity index (χ1) is 14.6. The van der Waals surface area contributed by atoms with Gasteiger partial charge in [-0.15, -0.1) is 0 Å². The second kappa shape index (κ2) is 10.8. The number of anilines is 1. The Hall–Kier alpha value is -2.88. The molecule has 3 rings (SSSR count). The number of methoxy groups -OCH3 is 1. The van der Waals surface area contributed by atoms with E-state index in [2.05, 4.69) is 34.9 Å². The summed E-state index contributed by atoms with van der Waals surface area (Å²) in [5, 5.41) is 8.96. The number of aryl methyl sites for hydroxylation is 1. The number of carbonyl (C=O) groups is 1. The standard InChI is InChI=1S/C24H30N4O2/c1-20-9-10-23(30-2)21(17-20)18-26-13-15-27(16-14-26)19-24(29)28(12-6-11-25)22-7-4-3-5-8-22/h3-5,7-10,17H,6,12-16,18-19H2,1-2H3. The summed E-state index contributed by atoms with van der Waals surface area (Å²) in [4.78, 5) is 19.3. The molecular formula is C24H30N4O2. The predicted octanol–water partition coefficient (Wildman–Crippen LogP) is 3.07. The summed E-state index contributed by atoms with van der Waals surface area (Å²) in [7, 11) is 1.71. The van der Waals surface area contributed by atoms with Gasteiger partial charge in [0.25, 0.3) is 0 Å². The molecule has 1 aliphatic heterocycles. The molecule has 158 valence electrons. The molecule has 0 radical (unpaired) electrons. The van der Waals surface area contributed by atoms with E-state index in [0.29, 0.717) is 19.5 Å². The SMILES string of the molecule is COc1ccc(C)cc1CN1CCN(CC(=O)N(CCC#N)c2ccccc2)CC1. The molecule has 0 N–H and O–H groups in total. The second-order valence-electron chi connectivity index (χ2n) is 7.66. The van der Waals surface area contributed by atoms with E-state index in [1.165, 1.54) is 11.1 Å². The quantitative estimate of drug-likeness (QED) is 0.674. The fourth-order valence-corrected chi connectivity index (χ4v) is 3.82. The number of hydrogen-bond donors (Lipinski definition) is 0. The van der Waals surface area contributed by atoms with Crippen LogP contribution >= 0.6 is 0 Å². The minimum absolute atomic E-state index is 0.0465. The van der Waals surface area contributed by atoms with Crippen molar-refractivity contribution in [3.05, 3.63) is 59.7 Å². The van der Waals surface area contributed by atoms with E-state index in [1.54, 1.807) is 12.0 Å². The highest BCUT2D eigenvalue weighted by molar-refractivity contribution is 5.94. The molecule has 6 nitrogen and oxygen atoms in total. The normalized spacial score (nSPS) is 14.8. The molecule has 6 heteroatoms. The summed E-state index contributed by atoms with van der Waals surface area (Å²) < 4.78 is 5.51. The van der Waals surface area contributed by atoms with Crippen LogP contribution in [0, 0.1) is 18.3 Å². The molecule has 0 aliphatic carbocycles. The predicted molar refractivity (Wildman–Crippen MR) is 118 cm³/mol. The summed E-state index contributed by atoms with van der Waals surface area (Å²) in [5.74, 6) is 0.972. The first-order valence-corrected chi connectivity index (χ1v) is 10.4. The zero-order chi connectivity index (χ0) is 21.3. The lowest BCUT2D eigenvalue weighted by atomic mass is 10.1. The van der Waals surface area contributed by atoms with Gasteiger partial charge in [-0.25, -0.2) is 0 Å². The number of benzene rings is 2. The van der Waals surface area contributed by atoms with E-state index >= 15 is 0 Å². The van der Waals surface area contributed by atoms with Gasteiger partial charge in [0.2, 0.25) is 5.91 Å². The average Bonchev–Trinajstić information content (AvgIpc) is 2.76. The molecule has 30 heavy (non-hydrogen) atoms. The molecule has 0 unspecified atom stereocenters. The molecule has 1 heterocycles. The maximum atomic E-state index is 13.0. The summed E-state index contributed by atoms with van der Waals surface area (Å²) in [5.41, 5.74) is 3.28. The Balaban J connectivity index is 1.55. The van der Waals surface area contributed by atoms with E-state index in [4.69, 9.17) is 10.00 Å². The van der Waals surface area contributed by atoms with Crippen LogP contribution in [0.15, 0.2) is 48.5 Å². The zero-order valence-electron chi connectivity index (χ0n) is 17.9.